The molecule has 0 radical (unpaired) electrons. The Labute approximate surface area is 91.5 Å². The lowest BCUT2D eigenvalue weighted by Crippen LogP contribution is -2.39. The SMILES string of the molecule is NNC(=O)CCCN1C(=O)CCSC1=O. The highest BCUT2D eigenvalue weighted by molar-refractivity contribution is 8.13. The van der Waals surface area contributed by atoms with Gasteiger partial charge in [-0.15, -0.1) is 0 Å². The molecule has 1 aliphatic heterocycles. The highest BCUT2D eigenvalue weighted by Gasteiger charge is 2.25. The van der Waals surface area contributed by atoms with Gasteiger partial charge in [0.15, 0.2) is 0 Å². The Morgan fingerprint density at radius 3 is 2.87 bits per heavy atom. The van der Waals surface area contributed by atoms with Crippen molar-refractivity contribution in [2.24, 2.45) is 5.84 Å². The van der Waals surface area contributed by atoms with E-state index in [1.165, 1.54) is 4.90 Å². The zero-order chi connectivity index (χ0) is 11.3. The molecule has 0 aromatic carbocycles. The minimum Gasteiger partial charge on any atom is -0.294 e. The summed E-state index contributed by atoms with van der Waals surface area (Å²) < 4.78 is 0. The quantitative estimate of drug-likeness (QED) is 0.398. The number of imide groups is 1. The predicted molar refractivity (Wildman–Crippen MR) is 55.7 cm³/mol. The lowest BCUT2D eigenvalue weighted by molar-refractivity contribution is -0.128. The van der Waals surface area contributed by atoms with Crippen LogP contribution in [0.1, 0.15) is 19.3 Å². The zero-order valence-corrected chi connectivity index (χ0v) is 9.01. The van der Waals surface area contributed by atoms with Crippen molar-refractivity contribution in [2.45, 2.75) is 19.3 Å². The van der Waals surface area contributed by atoms with Gasteiger partial charge in [-0.25, -0.2) is 5.84 Å². The van der Waals surface area contributed by atoms with Crippen molar-refractivity contribution in [2.75, 3.05) is 12.3 Å². The molecule has 6 nitrogen and oxygen atoms in total. The first-order chi connectivity index (χ1) is 7.15. The van der Waals surface area contributed by atoms with E-state index in [9.17, 15) is 14.4 Å². The van der Waals surface area contributed by atoms with E-state index in [2.05, 4.69) is 0 Å². The summed E-state index contributed by atoms with van der Waals surface area (Å²) in [5.74, 6) is 5.00. The first-order valence-electron chi connectivity index (χ1n) is 4.61. The molecule has 0 atom stereocenters. The van der Waals surface area contributed by atoms with Crippen LogP contribution in [0.25, 0.3) is 0 Å². The summed E-state index contributed by atoms with van der Waals surface area (Å²) in [4.78, 5) is 34.6. The number of hydrogen-bond donors (Lipinski definition) is 2. The van der Waals surface area contributed by atoms with E-state index < -0.39 is 0 Å². The number of carbonyl (C=O) groups is 3. The second kappa shape index (κ2) is 5.72. The van der Waals surface area contributed by atoms with E-state index in [1.807, 2.05) is 5.43 Å². The molecule has 0 spiro atoms. The van der Waals surface area contributed by atoms with Crippen LogP contribution >= 0.6 is 11.8 Å². The van der Waals surface area contributed by atoms with E-state index in [0.717, 1.165) is 11.8 Å². The molecule has 0 bridgehead atoms. The molecule has 0 aromatic heterocycles. The minimum absolute atomic E-state index is 0.160. The Hall–Kier alpha value is -1.08. The van der Waals surface area contributed by atoms with E-state index in [0.29, 0.717) is 18.6 Å². The minimum atomic E-state index is -0.292. The molecule has 84 valence electrons. The van der Waals surface area contributed by atoms with E-state index >= 15 is 0 Å². The van der Waals surface area contributed by atoms with Gasteiger partial charge in [-0.2, -0.15) is 0 Å². The van der Waals surface area contributed by atoms with Crippen LogP contribution in [0.2, 0.25) is 0 Å². The van der Waals surface area contributed by atoms with Crippen LogP contribution in [-0.4, -0.2) is 34.3 Å². The van der Waals surface area contributed by atoms with E-state index in [1.54, 1.807) is 0 Å². The van der Waals surface area contributed by atoms with Crippen LogP contribution in [0, 0.1) is 0 Å². The van der Waals surface area contributed by atoms with Crippen LogP contribution in [0.5, 0.6) is 0 Å². The van der Waals surface area contributed by atoms with Crippen molar-refractivity contribution in [1.29, 1.82) is 0 Å². The van der Waals surface area contributed by atoms with Gasteiger partial charge in [-0.05, 0) is 6.42 Å². The molecular formula is C8H13N3O3S. The molecule has 1 saturated heterocycles. The molecule has 0 aromatic rings. The molecule has 3 N–H and O–H groups in total. The predicted octanol–water partition coefficient (Wildman–Crippen LogP) is -0.158. The molecule has 0 unspecified atom stereocenters. The number of nitrogens with two attached hydrogens (primary N) is 1. The van der Waals surface area contributed by atoms with Crippen LogP contribution in [0.15, 0.2) is 0 Å². The van der Waals surface area contributed by atoms with E-state index in [-0.39, 0.29) is 30.0 Å². The third-order valence-corrected chi connectivity index (χ3v) is 2.89. The Morgan fingerprint density at radius 2 is 2.27 bits per heavy atom. The standard InChI is InChI=1S/C8H13N3O3S/c9-10-6(12)2-1-4-11-7(13)3-5-15-8(11)14/h1-5,9H2,(H,10,12). The summed E-state index contributed by atoms with van der Waals surface area (Å²) in [6, 6.07) is 0. The first kappa shape index (κ1) is 12.0. The largest absolute Gasteiger partial charge is 0.294 e. The van der Waals surface area contributed by atoms with Crippen LogP contribution < -0.4 is 11.3 Å². The topological polar surface area (TPSA) is 92.5 Å². The zero-order valence-electron chi connectivity index (χ0n) is 8.19. The lowest BCUT2D eigenvalue weighted by Gasteiger charge is -2.23. The molecule has 1 fully saturated rings. The van der Waals surface area contributed by atoms with E-state index in [4.69, 9.17) is 5.84 Å². The van der Waals surface area contributed by atoms with Crippen molar-refractivity contribution < 1.29 is 14.4 Å². The number of carbonyl (C=O) groups excluding carboxylic acids is 3. The maximum atomic E-state index is 11.3. The van der Waals surface area contributed by atoms with Gasteiger partial charge < -0.3 is 0 Å². The van der Waals surface area contributed by atoms with Crippen molar-refractivity contribution in [3.8, 4) is 0 Å². The maximum absolute atomic E-state index is 11.3. The number of nitrogens with one attached hydrogen (secondary N) is 1. The second-order valence-corrected chi connectivity index (χ2v) is 4.13. The Morgan fingerprint density at radius 1 is 1.53 bits per heavy atom. The summed E-state index contributed by atoms with van der Waals surface area (Å²) in [5.41, 5.74) is 1.99. The summed E-state index contributed by atoms with van der Waals surface area (Å²) >= 11 is 1.14. The van der Waals surface area contributed by atoms with Crippen molar-refractivity contribution in [3.05, 3.63) is 0 Å². The molecular weight excluding hydrogens is 218 g/mol. The summed E-state index contributed by atoms with van der Waals surface area (Å²) in [5, 5.41) is -0.223. The van der Waals surface area contributed by atoms with Crippen LogP contribution in [-0.2, 0) is 9.59 Å². The van der Waals surface area contributed by atoms with Gasteiger partial charge in [0, 0.05) is 25.1 Å². The highest BCUT2D eigenvalue weighted by atomic mass is 32.2. The number of rotatable bonds is 4. The number of hydrogen-bond acceptors (Lipinski definition) is 5. The van der Waals surface area contributed by atoms with Crippen molar-refractivity contribution in [3.63, 3.8) is 0 Å². The fourth-order valence-corrected chi connectivity index (χ4v) is 2.03. The molecule has 15 heavy (non-hydrogen) atoms. The molecule has 3 amide bonds. The summed E-state index contributed by atoms with van der Waals surface area (Å²) in [6.07, 6.45) is 1.05. The first-order valence-corrected chi connectivity index (χ1v) is 5.60. The van der Waals surface area contributed by atoms with Gasteiger partial charge in [0.25, 0.3) is 5.24 Å². The average Bonchev–Trinajstić information content (AvgIpc) is 2.22. The summed E-state index contributed by atoms with van der Waals surface area (Å²) in [7, 11) is 0. The van der Waals surface area contributed by atoms with Gasteiger partial charge in [0.1, 0.15) is 0 Å². The third kappa shape index (κ3) is 3.52. The lowest BCUT2D eigenvalue weighted by atomic mass is 10.2. The smallest absolute Gasteiger partial charge is 0.288 e. The summed E-state index contributed by atoms with van der Waals surface area (Å²) in [6.45, 7) is 0.290. The molecule has 1 rings (SSSR count). The molecule has 1 aliphatic rings. The monoisotopic (exact) mass is 231 g/mol. The van der Waals surface area contributed by atoms with Gasteiger partial charge >= 0.3 is 0 Å². The normalized spacial score (nSPS) is 16.7. The number of amides is 3. The molecule has 0 saturated carbocycles. The van der Waals surface area contributed by atoms with Crippen LogP contribution in [0.4, 0.5) is 4.79 Å². The molecule has 0 aliphatic carbocycles. The van der Waals surface area contributed by atoms with Gasteiger partial charge in [-0.1, -0.05) is 11.8 Å². The third-order valence-electron chi connectivity index (χ3n) is 2.01. The Balaban J connectivity index is 2.33. The number of nitrogens with zero attached hydrogens (tertiary/aromatic N) is 1. The van der Waals surface area contributed by atoms with Crippen LogP contribution in [0.3, 0.4) is 0 Å². The van der Waals surface area contributed by atoms with Crippen molar-refractivity contribution >= 4 is 28.8 Å². The maximum Gasteiger partial charge on any atom is 0.288 e. The van der Waals surface area contributed by atoms with Gasteiger partial charge in [0.05, 0.1) is 0 Å². The Bertz CT molecular complexity index is 266. The highest BCUT2D eigenvalue weighted by Crippen LogP contribution is 2.18. The van der Waals surface area contributed by atoms with Gasteiger partial charge in [0.2, 0.25) is 11.8 Å². The Kier molecular flexibility index (Phi) is 4.57. The fraction of sp³-hybridized carbons (Fsp3) is 0.625. The number of thioether (sulfide) groups is 1. The number of hydrazine groups is 1. The fourth-order valence-electron chi connectivity index (χ4n) is 1.23. The molecule has 7 heteroatoms. The second-order valence-electron chi connectivity index (χ2n) is 3.08. The average molecular weight is 231 g/mol. The molecule has 1 heterocycles. The van der Waals surface area contributed by atoms with Gasteiger partial charge in [-0.3, -0.25) is 24.7 Å². The van der Waals surface area contributed by atoms with Crippen molar-refractivity contribution in [1.82, 2.24) is 10.3 Å².